The predicted molar refractivity (Wildman–Crippen MR) is 104 cm³/mol. The van der Waals surface area contributed by atoms with Crippen LogP contribution in [0.15, 0.2) is 24.3 Å². The van der Waals surface area contributed by atoms with E-state index >= 15 is 0 Å². The van der Waals surface area contributed by atoms with Crippen molar-refractivity contribution >= 4 is 7.12 Å². The molecule has 3 saturated carbocycles. The first-order valence-corrected chi connectivity index (χ1v) is 9.59. The molecular weight excluding hydrogens is 329 g/mol. The molecular formula is C20H34BNO4. The van der Waals surface area contributed by atoms with Gasteiger partial charge in [0.1, 0.15) is 0 Å². The van der Waals surface area contributed by atoms with E-state index in [-0.39, 0.29) is 5.41 Å². The maximum absolute atomic E-state index is 10.2. The molecule has 0 saturated heterocycles. The monoisotopic (exact) mass is 363 g/mol. The molecule has 0 aliphatic heterocycles. The highest BCUT2D eigenvalue weighted by Gasteiger charge is 2.69. The number of hydrogen-bond donors (Lipinski definition) is 5. The molecule has 0 aromatic heterocycles. The van der Waals surface area contributed by atoms with E-state index in [2.05, 4.69) is 20.8 Å². The fraction of sp³-hybridized carbons (Fsp3) is 0.700. The molecule has 5 nitrogen and oxygen atoms in total. The van der Waals surface area contributed by atoms with E-state index < -0.39 is 24.3 Å². The normalized spacial score (nSPS) is 32.7. The van der Waals surface area contributed by atoms with E-state index in [0.29, 0.717) is 12.3 Å². The van der Waals surface area contributed by atoms with Gasteiger partial charge in [0.2, 0.25) is 0 Å². The van der Waals surface area contributed by atoms with Crippen molar-refractivity contribution in [1.29, 1.82) is 0 Å². The molecule has 26 heavy (non-hydrogen) atoms. The highest BCUT2D eigenvalue weighted by atomic mass is 16.4. The van der Waals surface area contributed by atoms with Gasteiger partial charge in [0.25, 0.3) is 0 Å². The van der Waals surface area contributed by atoms with Crippen LogP contribution in [-0.4, -0.2) is 44.5 Å². The Hall–Kier alpha value is -0.915. The topological polar surface area (TPSA) is 107 Å². The standard InChI is InChI=1S/C10H16BNO2.C10H18O2/c1-2-8-4-3-5-9(6-8)7-10(12)11(13)14;1-8(2)7-4-5-9(3,11)10(8,12)6-7/h3-6,10,13-14H,2,7,12H2,1H3;7,11-12H,4-6H2,1-3H3/t10-;/m0./s1. The van der Waals surface area contributed by atoms with Crippen LogP contribution in [-0.2, 0) is 12.8 Å². The van der Waals surface area contributed by atoms with Crippen LogP contribution in [0.25, 0.3) is 0 Å². The van der Waals surface area contributed by atoms with Crippen molar-refractivity contribution in [2.24, 2.45) is 17.1 Å². The smallest absolute Gasteiger partial charge is 0.426 e. The van der Waals surface area contributed by atoms with Gasteiger partial charge in [-0.3, -0.25) is 0 Å². The van der Waals surface area contributed by atoms with Gasteiger partial charge in [-0.1, -0.05) is 45.0 Å². The molecule has 146 valence electrons. The molecule has 0 amide bonds. The fourth-order valence-electron chi connectivity index (χ4n) is 4.47. The lowest BCUT2D eigenvalue weighted by molar-refractivity contribution is -0.312. The summed E-state index contributed by atoms with van der Waals surface area (Å²) >= 11 is 0. The van der Waals surface area contributed by atoms with Gasteiger partial charge in [0.05, 0.1) is 11.2 Å². The minimum Gasteiger partial charge on any atom is -0.426 e. The van der Waals surface area contributed by atoms with E-state index in [0.717, 1.165) is 31.2 Å². The molecule has 0 spiro atoms. The third kappa shape index (κ3) is 3.85. The van der Waals surface area contributed by atoms with Crippen LogP contribution in [0.1, 0.15) is 58.1 Å². The second kappa shape index (κ2) is 7.60. The SMILES string of the molecule is CC1(O)CCC2CC1(O)C2(C)C.CCc1cccc(C[C@H](N)B(O)O)c1. The third-order valence-corrected chi connectivity index (χ3v) is 6.75. The molecule has 1 aromatic carbocycles. The molecule has 1 aromatic rings. The fourth-order valence-corrected chi connectivity index (χ4v) is 4.47. The Morgan fingerprint density at radius 3 is 2.27 bits per heavy atom. The summed E-state index contributed by atoms with van der Waals surface area (Å²) in [6.07, 6.45) is 4.06. The summed E-state index contributed by atoms with van der Waals surface area (Å²) in [5.41, 5.74) is 6.04. The first-order valence-electron chi connectivity index (χ1n) is 9.59. The van der Waals surface area contributed by atoms with E-state index in [4.69, 9.17) is 15.8 Å². The summed E-state index contributed by atoms with van der Waals surface area (Å²) < 4.78 is 0. The van der Waals surface area contributed by atoms with Crippen LogP contribution in [0.5, 0.6) is 0 Å². The van der Waals surface area contributed by atoms with Crippen LogP contribution >= 0.6 is 0 Å². The Bertz CT molecular complexity index is 610. The second-order valence-corrected chi connectivity index (χ2v) is 8.75. The number of hydrogen-bond acceptors (Lipinski definition) is 5. The van der Waals surface area contributed by atoms with Gasteiger partial charge in [-0.15, -0.1) is 0 Å². The van der Waals surface area contributed by atoms with Crippen LogP contribution < -0.4 is 5.73 Å². The Kier molecular flexibility index (Phi) is 6.25. The van der Waals surface area contributed by atoms with Gasteiger partial charge < -0.3 is 26.0 Å². The predicted octanol–water partition coefficient (Wildman–Crippen LogP) is 1.44. The van der Waals surface area contributed by atoms with Crippen molar-refractivity contribution in [1.82, 2.24) is 0 Å². The molecule has 3 fully saturated rings. The summed E-state index contributed by atoms with van der Waals surface area (Å²) in [5, 5.41) is 38.0. The van der Waals surface area contributed by atoms with Crippen molar-refractivity contribution in [3.05, 3.63) is 35.4 Å². The van der Waals surface area contributed by atoms with Gasteiger partial charge in [0.15, 0.2) is 0 Å². The molecule has 3 aliphatic rings. The Morgan fingerprint density at radius 1 is 1.19 bits per heavy atom. The van der Waals surface area contributed by atoms with Crippen LogP contribution in [0.4, 0.5) is 0 Å². The van der Waals surface area contributed by atoms with Gasteiger partial charge in [-0.25, -0.2) is 0 Å². The zero-order chi connectivity index (χ0) is 19.8. The lowest BCUT2D eigenvalue weighted by atomic mass is 9.41. The molecule has 6 heteroatoms. The van der Waals surface area contributed by atoms with E-state index in [1.54, 1.807) is 6.92 Å². The first kappa shape index (κ1) is 21.4. The van der Waals surface area contributed by atoms with E-state index in [9.17, 15) is 10.2 Å². The minimum absolute atomic E-state index is 0.0885. The number of nitrogens with two attached hydrogens (primary N) is 1. The number of benzene rings is 1. The molecule has 4 rings (SSSR count). The van der Waals surface area contributed by atoms with Gasteiger partial charge >= 0.3 is 7.12 Å². The Labute approximate surface area is 157 Å². The quantitative estimate of drug-likeness (QED) is 0.521. The molecule has 4 atom stereocenters. The number of fused-ring (bicyclic) bond motifs is 2. The number of aryl methyl sites for hydroxylation is 1. The highest BCUT2D eigenvalue weighted by molar-refractivity contribution is 6.43. The third-order valence-electron chi connectivity index (χ3n) is 6.75. The molecule has 3 unspecified atom stereocenters. The summed E-state index contributed by atoms with van der Waals surface area (Å²) in [7, 11) is -1.44. The Morgan fingerprint density at radius 2 is 1.81 bits per heavy atom. The van der Waals surface area contributed by atoms with Crippen molar-refractivity contribution in [3.63, 3.8) is 0 Å². The van der Waals surface area contributed by atoms with Crippen LogP contribution in [0.3, 0.4) is 0 Å². The molecule has 6 N–H and O–H groups in total. The largest absolute Gasteiger partial charge is 0.469 e. The zero-order valence-electron chi connectivity index (χ0n) is 16.4. The summed E-state index contributed by atoms with van der Waals surface area (Å²) in [5.74, 6) is 0.00447. The van der Waals surface area contributed by atoms with Gasteiger partial charge in [-0.05, 0) is 61.5 Å². The van der Waals surface area contributed by atoms with Gasteiger partial charge in [-0.2, -0.15) is 0 Å². The maximum Gasteiger partial charge on any atom is 0.469 e. The van der Waals surface area contributed by atoms with Crippen LogP contribution in [0, 0.1) is 11.3 Å². The summed E-state index contributed by atoms with van der Waals surface area (Å²) in [6.45, 7) is 7.98. The Balaban J connectivity index is 0.000000189. The summed E-state index contributed by atoms with van der Waals surface area (Å²) in [6, 6.07) is 8.00. The van der Waals surface area contributed by atoms with Crippen molar-refractivity contribution in [3.8, 4) is 0 Å². The molecule has 0 heterocycles. The molecule has 3 aliphatic carbocycles. The maximum atomic E-state index is 10.2. The minimum atomic E-state index is -1.44. The van der Waals surface area contributed by atoms with Gasteiger partial charge in [0, 0.05) is 5.94 Å². The van der Waals surface area contributed by atoms with Crippen LogP contribution in [0.2, 0.25) is 0 Å². The first-order chi connectivity index (χ1) is 11.9. The zero-order valence-corrected chi connectivity index (χ0v) is 16.4. The molecule has 2 bridgehead atoms. The number of rotatable bonds is 4. The molecule has 0 radical (unpaired) electrons. The lowest BCUT2D eigenvalue weighted by Crippen LogP contribution is -2.74. The number of aliphatic hydroxyl groups is 2. The van der Waals surface area contributed by atoms with E-state index in [1.807, 2.05) is 24.3 Å². The van der Waals surface area contributed by atoms with Crippen molar-refractivity contribution in [2.75, 3.05) is 0 Å². The van der Waals surface area contributed by atoms with Crippen molar-refractivity contribution < 1.29 is 20.3 Å². The summed E-state index contributed by atoms with van der Waals surface area (Å²) in [4.78, 5) is 0. The average molecular weight is 363 g/mol. The van der Waals surface area contributed by atoms with Crippen molar-refractivity contribution in [2.45, 2.75) is 76.9 Å². The van der Waals surface area contributed by atoms with E-state index in [1.165, 1.54) is 5.56 Å². The second-order valence-electron chi connectivity index (χ2n) is 8.75. The average Bonchev–Trinajstić information content (AvgIpc) is 2.57. The highest BCUT2D eigenvalue weighted by Crippen LogP contribution is 2.65. The lowest BCUT2D eigenvalue weighted by Gasteiger charge is -2.68.